The number of thioether (sulfide) groups is 1. The van der Waals surface area contributed by atoms with Crippen LogP contribution in [0, 0.1) is 6.92 Å². The first-order chi connectivity index (χ1) is 8.29. The average molecular weight is 244 g/mol. The molecule has 1 nitrogen and oxygen atoms in total. The van der Waals surface area contributed by atoms with Crippen LogP contribution in [0.5, 0.6) is 5.75 Å². The third-order valence-electron chi connectivity index (χ3n) is 2.62. The van der Waals surface area contributed by atoms with Gasteiger partial charge >= 0.3 is 0 Å². The Kier molecular flexibility index (Phi) is 4.10. The van der Waals surface area contributed by atoms with Crippen LogP contribution in [0.15, 0.2) is 53.4 Å². The van der Waals surface area contributed by atoms with Crippen molar-refractivity contribution in [2.75, 3.05) is 6.26 Å². The summed E-state index contributed by atoms with van der Waals surface area (Å²) in [5, 5.41) is 0. The monoisotopic (exact) mass is 244 g/mol. The summed E-state index contributed by atoms with van der Waals surface area (Å²) >= 11 is 1.75. The first kappa shape index (κ1) is 12.1. The van der Waals surface area contributed by atoms with E-state index in [9.17, 15) is 0 Å². The second kappa shape index (κ2) is 5.78. The molecule has 2 heteroatoms. The predicted molar refractivity (Wildman–Crippen MR) is 73.7 cm³/mol. The molecule has 0 spiro atoms. The molecular formula is C15H16OS. The molecule has 2 aromatic rings. The lowest BCUT2D eigenvalue weighted by Crippen LogP contribution is -1.96. The van der Waals surface area contributed by atoms with Crippen LogP contribution in [-0.2, 0) is 6.61 Å². The summed E-state index contributed by atoms with van der Waals surface area (Å²) < 4.78 is 5.81. The standard InChI is InChI=1S/C15H16OS/c1-12-10-14(17-2)8-9-15(12)16-11-13-6-4-3-5-7-13/h3-10H,11H2,1-2H3. The van der Waals surface area contributed by atoms with Crippen LogP contribution >= 0.6 is 11.8 Å². The lowest BCUT2D eigenvalue weighted by Gasteiger charge is -2.10. The van der Waals surface area contributed by atoms with E-state index in [0.29, 0.717) is 6.61 Å². The van der Waals surface area contributed by atoms with Crippen LogP contribution in [-0.4, -0.2) is 6.26 Å². The fourth-order valence-corrected chi connectivity index (χ4v) is 2.14. The van der Waals surface area contributed by atoms with Crippen molar-refractivity contribution in [1.29, 1.82) is 0 Å². The Labute approximate surface area is 107 Å². The minimum absolute atomic E-state index is 0.625. The third kappa shape index (κ3) is 3.27. The molecule has 0 aliphatic carbocycles. The molecule has 0 atom stereocenters. The first-order valence-corrected chi connectivity index (χ1v) is 6.83. The molecule has 88 valence electrons. The molecule has 0 aliphatic heterocycles. The highest BCUT2D eigenvalue weighted by Crippen LogP contribution is 2.24. The van der Waals surface area contributed by atoms with Crippen LogP contribution in [0.1, 0.15) is 11.1 Å². The zero-order chi connectivity index (χ0) is 12.1. The van der Waals surface area contributed by atoms with Crippen LogP contribution in [0.2, 0.25) is 0 Å². The highest BCUT2D eigenvalue weighted by atomic mass is 32.2. The van der Waals surface area contributed by atoms with Crippen molar-refractivity contribution in [3.8, 4) is 5.75 Å². The molecule has 0 aliphatic rings. The van der Waals surface area contributed by atoms with Gasteiger partial charge in [-0.15, -0.1) is 11.8 Å². The quantitative estimate of drug-likeness (QED) is 0.742. The molecule has 0 aromatic heterocycles. The van der Waals surface area contributed by atoms with E-state index in [0.717, 1.165) is 5.75 Å². The molecule has 0 saturated carbocycles. The van der Waals surface area contributed by atoms with Crippen molar-refractivity contribution in [3.05, 3.63) is 59.7 Å². The van der Waals surface area contributed by atoms with Crippen molar-refractivity contribution >= 4 is 11.8 Å². The molecule has 2 aromatic carbocycles. The number of rotatable bonds is 4. The topological polar surface area (TPSA) is 9.23 Å². The second-order valence-corrected chi connectivity index (χ2v) is 4.79. The van der Waals surface area contributed by atoms with Crippen LogP contribution < -0.4 is 4.74 Å². The second-order valence-electron chi connectivity index (χ2n) is 3.91. The summed E-state index contributed by atoms with van der Waals surface area (Å²) in [6.45, 7) is 2.71. The van der Waals surface area contributed by atoms with Gasteiger partial charge in [0.2, 0.25) is 0 Å². The fraction of sp³-hybridized carbons (Fsp3) is 0.200. The summed E-state index contributed by atoms with van der Waals surface area (Å²) in [6, 6.07) is 16.5. The minimum atomic E-state index is 0.625. The highest BCUT2D eigenvalue weighted by Gasteiger charge is 2.01. The summed E-state index contributed by atoms with van der Waals surface area (Å²) in [6.07, 6.45) is 2.08. The third-order valence-corrected chi connectivity index (χ3v) is 3.34. The van der Waals surface area contributed by atoms with Crippen LogP contribution in [0.4, 0.5) is 0 Å². The van der Waals surface area contributed by atoms with Gasteiger partial charge < -0.3 is 4.74 Å². The van der Waals surface area contributed by atoms with Gasteiger partial charge in [-0.1, -0.05) is 30.3 Å². The number of hydrogen-bond acceptors (Lipinski definition) is 2. The van der Waals surface area contributed by atoms with E-state index in [1.807, 2.05) is 24.3 Å². The van der Waals surface area contributed by atoms with Gasteiger partial charge in [-0.2, -0.15) is 0 Å². The number of benzene rings is 2. The van der Waals surface area contributed by atoms with E-state index in [1.54, 1.807) is 11.8 Å². The van der Waals surface area contributed by atoms with Crippen molar-refractivity contribution in [2.24, 2.45) is 0 Å². The average Bonchev–Trinajstić information content (AvgIpc) is 2.38. The van der Waals surface area contributed by atoms with Gasteiger partial charge in [-0.3, -0.25) is 0 Å². The summed E-state index contributed by atoms with van der Waals surface area (Å²) in [4.78, 5) is 1.27. The predicted octanol–water partition coefficient (Wildman–Crippen LogP) is 4.30. The molecule has 17 heavy (non-hydrogen) atoms. The maximum Gasteiger partial charge on any atom is 0.122 e. The molecule has 0 N–H and O–H groups in total. The van der Waals surface area contributed by atoms with Crippen molar-refractivity contribution in [2.45, 2.75) is 18.4 Å². The van der Waals surface area contributed by atoms with E-state index in [-0.39, 0.29) is 0 Å². The molecule has 0 unspecified atom stereocenters. The normalized spacial score (nSPS) is 10.2. The van der Waals surface area contributed by atoms with E-state index in [2.05, 4.69) is 37.4 Å². The molecule has 2 rings (SSSR count). The maximum atomic E-state index is 5.81. The Morgan fingerprint density at radius 2 is 1.82 bits per heavy atom. The molecule has 0 fully saturated rings. The highest BCUT2D eigenvalue weighted by molar-refractivity contribution is 7.98. The van der Waals surface area contributed by atoms with Gasteiger partial charge in [-0.25, -0.2) is 0 Å². The number of aryl methyl sites for hydroxylation is 1. The SMILES string of the molecule is CSc1ccc(OCc2ccccc2)c(C)c1. The molecule has 0 amide bonds. The Morgan fingerprint density at radius 1 is 1.06 bits per heavy atom. The summed E-state index contributed by atoms with van der Waals surface area (Å²) in [5.74, 6) is 0.964. The van der Waals surface area contributed by atoms with E-state index >= 15 is 0 Å². The van der Waals surface area contributed by atoms with Crippen LogP contribution in [0.25, 0.3) is 0 Å². The molecule has 0 bridgehead atoms. The zero-order valence-corrected chi connectivity index (χ0v) is 11.0. The Morgan fingerprint density at radius 3 is 2.47 bits per heavy atom. The van der Waals surface area contributed by atoms with E-state index in [1.165, 1.54) is 16.0 Å². The Balaban J connectivity index is 2.04. The van der Waals surface area contributed by atoms with Crippen molar-refractivity contribution < 1.29 is 4.74 Å². The molecule has 0 radical (unpaired) electrons. The number of ether oxygens (including phenoxy) is 1. The summed E-state index contributed by atoms with van der Waals surface area (Å²) in [5.41, 5.74) is 2.38. The lowest BCUT2D eigenvalue weighted by atomic mass is 10.2. The van der Waals surface area contributed by atoms with Gasteiger partial charge in [0, 0.05) is 4.90 Å². The Bertz CT molecular complexity index is 480. The molecule has 0 saturated heterocycles. The Hall–Kier alpha value is -1.41. The molecular weight excluding hydrogens is 228 g/mol. The van der Waals surface area contributed by atoms with Crippen LogP contribution in [0.3, 0.4) is 0 Å². The fourth-order valence-electron chi connectivity index (χ4n) is 1.65. The van der Waals surface area contributed by atoms with Gasteiger partial charge in [0.1, 0.15) is 12.4 Å². The van der Waals surface area contributed by atoms with Crippen molar-refractivity contribution in [3.63, 3.8) is 0 Å². The van der Waals surface area contributed by atoms with Crippen molar-refractivity contribution in [1.82, 2.24) is 0 Å². The van der Waals surface area contributed by atoms with Gasteiger partial charge in [0.15, 0.2) is 0 Å². The minimum Gasteiger partial charge on any atom is -0.489 e. The maximum absolute atomic E-state index is 5.81. The smallest absolute Gasteiger partial charge is 0.122 e. The first-order valence-electron chi connectivity index (χ1n) is 5.61. The van der Waals surface area contributed by atoms with Gasteiger partial charge in [-0.05, 0) is 42.5 Å². The largest absolute Gasteiger partial charge is 0.489 e. The molecule has 0 heterocycles. The summed E-state index contributed by atoms with van der Waals surface area (Å²) in [7, 11) is 0. The van der Waals surface area contributed by atoms with Gasteiger partial charge in [0.05, 0.1) is 0 Å². The van der Waals surface area contributed by atoms with E-state index in [4.69, 9.17) is 4.74 Å². The van der Waals surface area contributed by atoms with Gasteiger partial charge in [0.25, 0.3) is 0 Å². The van der Waals surface area contributed by atoms with E-state index < -0.39 is 0 Å². The zero-order valence-electron chi connectivity index (χ0n) is 10.1. The number of hydrogen-bond donors (Lipinski definition) is 0. The lowest BCUT2D eigenvalue weighted by molar-refractivity contribution is 0.304.